The molecule has 0 atom stereocenters. The van der Waals surface area contributed by atoms with Crippen molar-refractivity contribution in [2.24, 2.45) is 0 Å². The maximum atomic E-state index is 16.2. The van der Waals surface area contributed by atoms with Gasteiger partial charge in [0.15, 0.2) is 0 Å². The van der Waals surface area contributed by atoms with E-state index in [0.29, 0.717) is 114 Å². The lowest BCUT2D eigenvalue weighted by Crippen LogP contribution is -2.41. The fourth-order valence-electron chi connectivity index (χ4n) is 19.7. The first-order valence-corrected chi connectivity index (χ1v) is 50.2. The van der Waals surface area contributed by atoms with Gasteiger partial charge in [0.2, 0.25) is 0 Å². The number of hydrogen-bond acceptors (Lipinski definition) is 12. The Hall–Kier alpha value is -20.2. The van der Waals surface area contributed by atoms with E-state index in [2.05, 4.69) is 213 Å². The van der Waals surface area contributed by atoms with E-state index >= 15 is 19.2 Å². The molecule has 14 heteroatoms. The van der Waals surface area contributed by atoms with Crippen molar-refractivity contribution < 1.29 is 38.1 Å². The van der Waals surface area contributed by atoms with Gasteiger partial charge in [-0.2, -0.15) is 0 Å². The lowest BCUT2D eigenvalue weighted by atomic mass is 9.80. The van der Waals surface area contributed by atoms with Gasteiger partial charge in [-0.05, 0) is 328 Å². The van der Waals surface area contributed by atoms with Crippen molar-refractivity contribution in [3.05, 3.63) is 528 Å². The molecule has 0 bridgehead atoms. The van der Waals surface area contributed by atoms with Gasteiger partial charge in [0.25, 0.3) is 23.6 Å². The van der Waals surface area contributed by atoms with Crippen LogP contribution in [0.25, 0.3) is 43.1 Å². The lowest BCUT2D eigenvalue weighted by molar-refractivity contribution is 0.0593. The fourth-order valence-corrected chi connectivity index (χ4v) is 19.7. The minimum absolute atomic E-state index is 0.103. The van der Waals surface area contributed by atoms with Crippen molar-refractivity contribution in [1.82, 2.24) is 9.80 Å². The van der Waals surface area contributed by atoms with E-state index in [1.807, 2.05) is 305 Å². The molecule has 0 fully saturated rings. The van der Waals surface area contributed by atoms with Crippen LogP contribution in [0.15, 0.2) is 461 Å². The van der Waals surface area contributed by atoms with Crippen molar-refractivity contribution in [1.29, 1.82) is 0 Å². The summed E-state index contributed by atoms with van der Waals surface area (Å²) < 4.78 is 30.0. The molecule has 23 rings (SSSR count). The Morgan fingerprint density at radius 3 is 0.500 bits per heavy atom. The molecule has 0 N–H and O–H groups in total. The third-order valence-corrected chi connectivity index (χ3v) is 26.9. The number of anilines is 12. The Labute approximate surface area is 870 Å². The number of ether oxygens (including phenoxy) is 4. The van der Waals surface area contributed by atoms with E-state index in [1.165, 1.54) is 9.80 Å². The Kier molecular flexibility index (Phi) is 26.2. The highest BCUT2D eigenvalue weighted by Crippen LogP contribution is 2.59. The fraction of sp³-hybridized carbons (Fsp3) is 0.0588. The Morgan fingerprint density at radius 2 is 0.340 bits per heavy atom. The quantitative estimate of drug-likeness (QED) is 0.0222. The van der Waals surface area contributed by atoms with Crippen molar-refractivity contribution in [3.63, 3.8) is 0 Å². The number of benzene rings is 21. The predicted octanol–water partition coefficient (Wildman–Crippen LogP) is 33.2. The number of nitrogens with zero attached hydrogens (tertiary/aromatic N) is 6. The van der Waals surface area contributed by atoms with Crippen LogP contribution in [0, 0.1) is 47.4 Å². The molecule has 2 heterocycles. The van der Waals surface area contributed by atoms with E-state index in [-0.39, 0.29) is 58.3 Å². The number of carbonyl (C=O) groups excluding carboxylic acids is 4. The van der Waals surface area contributed by atoms with Crippen LogP contribution >= 0.6 is 0 Å². The van der Waals surface area contributed by atoms with Crippen LogP contribution in [0.3, 0.4) is 0 Å². The summed E-state index contributed by atoms with van der Waals surface area (Å²) >= 11 is 0. The van der Waals surface area contributed by atoms with Crippen molar-refractivity contribution in [3.8, 4) is 93.4 Å². The van der Waals surface area contributed by atoms with Gasteiger partial charge in [-0.25, -0.2) is 0 Å². The van der Waals surface area contributed by atoms with E-state index in [1.54, 1.807) is 24.3 Å². The highest BCUT2D eigenvalue weighted by Gasteiger charge is 2.42. The van der Waals surface area contributed by atoms with Crippen LogP contribution in [0.1, 0.15) is 125 Å². The average Bonchev–Trinajstić information content (AvgIpc) is 0.668. The van der Waals surface area contributed by atoms with Crippen molar-refractivity contribution in [2.45, 2.75) is 39.5 Å². The summed E-state index contributed by atoms with van der Waals surface area (Å²) in [6.07, 6.45) is 2.36. The first kappa shape index (κ1) is 93.5. The van der Waals surface area contributed by atoms with Gasteiger partial charge in [-0.1, -0.05) is 220 Å². The molecule has 0 saturated heterocycles. The molecule has 0 saturated carbocycles. The molecule has 21 aromatic rings. The third-order valence-electron chi connectivity index (χ3n) is 26.9. The zero-order valence-corrected chi connectivity index (χ0v) is 82.1. The van der Waals surface area contributed by atoms with Gasteiger partial charge >= 0.3 is 0 Å². The largest absolute Gasteiger partial charge is 0.457 e. The molecular weight excluding hydrogens is 1850 g/mol. The third kappa shape index (κ3) is 19.1. The monoisotopic (exact) mass is 1940 g/mol. The summed E-state index contributed by atoms with van der Waals surface area (Å²) in [5.74, 6) is 27.1. The minimum Gasteiger partial charge on any atom is -0.457 e. The average molecular weight is 1940 g/mol. The maximum Gasteiger partial charge on any atom is 0.261 e. The molecule has 150 heavy (non-hydrogen) atoms. The summed E-state index contributed by atoms with van der Waals surface area (Å²) in [5.41, 5.74) is 18.6. The van der Waals surface area contributed by atoms with E-state index in [9.17, 15) is 0 Å². The Balaban J connectivity index is 0.693. The molecule has 0 spiro atoms. The number of rotatable bonds is 26. The predicted molar refractivity (Wildman–Crippen MR) is 603 cm³/mol. The zero-order chi connectivity index (χ0) is 101. The van der Waals surface area contributed by atoms with E-state index < -0.39 is 23.6 Å². The number of imide groups is 2. The standard InChI is InChI=1S/C136H94N6O8/c1-3-5-87-137-133(143)117-89-121(147-113-79-63-97(64-80-113)51-47-93-55-71-109(72-56-93)139(101-31-15-7-16-32-101)102-33-17-8-18-34-102)127-129-123(149-115-83-67-99(68-84-115)53-49-95-59-75-111(76-60-95)141(105-39-23-11-24-40-105)106-41-25-12-26-42-106)91-119-126-120(136(146)138(135(119)145)88-6-4-2)92-124(150-116-85-69-100(70-86-116)54-50-96-61-77-112(78-62-96)142(107-43-27-13-28-44-107)108-45-29-14-30-46-108)130(132(126)129)128-122(90-118(134(137)144)125(117)131(127)128)148-114-81-65-98(66-82-114)52-48-94-57-73-110(74-58-94)140(103-35-19-9-20-36-103)104-37-21-10-22-38-104/h7-46,55-86,89-92H,3-6,87-88H2,1-2H3. The van der Waals surface area contributed by atoms with Crippen LogP contribution in [0.2, 0.25) is 0 Å². The highest BCUT2D eigenvalue weighted by atomic mass is 16.5. The molecule has 0 unspecified atom stereocenters. The van der Waals surface area contributed by atoms with Gasteiger partial charge < -0.3 is 38.5 Å². The number of para-hydroxylation sites is 8. The molecule has 716 valence electrons. The molecule has 21 aromatic carbocycles. The molecule has 0 aliphatic carbocycles. The SMILES string of the molecule is CCCCN1C(=O)c2cc(Oc3ccc(C#Cc4ccc(N(c5ccccc5)c5ccccc5)cc4)cc3)c3c4c(Oc5ccc(C#Cc6ccc(N(c7ccccc7)c7ccccc7)cc6)cc5)cc5c6c(cc(Oc7ccc(C#Cc8ccc(N(c9ccccc9)c9ccccc9)cc8)cc7)c(c7c(Oc8ccc(C#Cc9ccc(N(c%10ccccc%10)c%10ccccc%10)cc9)cc8)cc(c2c37)C1=O)c64)C(=O)N(CCCC)C5=O. The summed E-state index contributed by atoms with van der Waals surface area (Å²) in [6.45, 7) is 4.24. The molecule has 0 radical (unpaired) electrons. The highest BCUT2D eigenvalue weighted by molar-refractivity contribution is 6.45. The smallest absolute Gasteiger partial charge is 0.261 e. The Morgan fingerprint density at radius 1 is 0.187 bits per heavy atom. The van der Waals surface area contributed by atoms with Crippen LogP contribution < -0.4 is 38.5 Å². The van der Waals surface area contributed by atoms with Crippen molar-refractivity contribution in [2.75, 3.05) is 32.7 Å². The van der Waals surface area contributed by atoms with Gasteiger partial charge in [-0.3, -0.25) is 29.0 Å². The van der Waals surface area contributed by atoms with Crippen LogP contribution in [-0.4, -0.2) is 46.5 Å². The van der Waals surface area contributed by atoms with E-state index in [0.717, 1.165) is 90.5 Å². The number of carbonyl (C=O) groups is 4. The maximum absolute atomic E-state index is 16.2. The molecule has 2 aliphatic rings. The van der Waals surface area contributed by atoms with Gasteiger partial charge in [0.05, 0.1) is 22.3 Å². The number of fused-ring (bicyclic) bond motifs is 2. The second-order valence-electron chi connectivity index (χ2n) is 36.6. The molecule has 0 aromatic heterocycles. The lowest BCUT2D eigenvalue weighted by Gasteiger charge is -2.32. The second kappa shape index (κ2) is 42.0. The van der Waals surface area contributed by atoms with Gasteiger partial charge in [0.1, 0.15) is 46.0 Å². The number of unbranched alkanes of at least 4 members (excludes halogenated alkanes) is 2. The van der Waals surface area contributed by atoms with Crippen LogP contribution in [0.5, 0.6) is 46.0 Å². The number of amides is 4. The molecule has 14 nitrogen and oxygen atoms in total. The second-order valence-corrected chi connectivity index (χ2v) is 36.6. The summed E-state index contributed by atoms with van der Waals surface area (Å²) in [7, 11) is 0. The summed E-state index contributed by atoms with van der Waals surface area (Å²) in [4.78, 5) is 76.0. The van der Waals surface area contributed by atoms with E-state index in [4.69, 9.17) is 18.9 Å². The van der Waals surface area contributed by atoms with Crippen molar-refractivity contribution >= 4 is 135 Å². The van der Waals surface area contributed by atoms with Crippen LogP contribution in [-0.2, 0) is 0 Å². The first-order chi connectivity index (χ1) is 73.9. The molecular formula is C136H94N6O8. The minimum atomic E-state index is -0.541. The topological polar surface area (TPSA) is 125 Å². The summed E-state index contributed by atoms with van der Waals surface area (Å²) in [6, 6.07) is 151. The molecule has 2 aliphatic heterocycles. The molecule has 4 amide bonds. The summed E-state index contributed by atoms with van der Waals surface area (Å²) in [5, 5.41) is 2.75. The van der Waals surface area contributed by atoms with Gasteiger partial charge in [0, 0.05) is 169 Å². The normalized spacial score (nSPS) is 11.8. The zero-order valence-electron chi connectivity index (χ0n) is 82.1. The first-order valence-electron chi connectivity index (χ1n) is 50.2. The van der Waals surface area contributed by atoms with Gasteiger partial charge in [-0.15, -0.1) is 0 Å². The van der Waals surface area contributed by atoms with Crippen LogP contribution in [0.4, 0.5) is 68.2 Å². The Bertz CT molecular complexity index is 7730. The number of hydrogen-bond donors (Lipinski definition) is 0.